The van der Waals surface area contributed by atoms with E-state index in [2.05, 4.69) is 25.9 Å². The number of nitrogens with two attached hydrogens (primary N) is 3. The number of H-pyrrole nitrogens is 1. The molecule has 1 aromatic carbocycles. The average Bonchev–Trinajstić information content (AvgIpc) is 3.30. The quantitative estimate of drug-likeness (QED) is 0.0730. The SMILES string of the molecule is CSCCC(NC(=O)C(CCCN=C(N)N)NC(=O)CN)C(=O)NC(Cc1c[nH]c2ccccc12)C(=O)O. The van der Waals surface area contributed by atoms with Gasteiger partial charge in [0.1, 0.15) is 18.1 Å². The van der Waals surface area contributed by atoms with Crippen LogP contribution in [0.5, 0.6) is 0 Å². The molecule has 3 amide bonds. The number of aromatic nitrogens is 1. The molecule has 0 aliphatic heterocycles. The first-order valence-electron chi connectivity index (χ1n) is 12.1. The molecule has 14 heteroatoms. The van der Waals surface area contributed by atoms with Gasteiger partial charge in [-0.25, -0.2) is 4.79 Å². The maximum Gasteiger partial charge on any atom is 0.326 e. The normalized spacial score (nSPS) is 13.2. The lowest BCUT2D eigenvalue weighted by Crippen LogP contribution is -2.56. The van der Waals surface area contributed by atoms with Crippen LogP contribution < -0.4 is 33.2 Å². The third-order valence-electron chi connectivity index (χ3n) is 5.74. The van der Waals surface area contributed by atoms with Crippen LogP contribution >= 0.6 is 11.8 Å². The first kappa shape index (κ1) is 30.4. The topological polar surface area (TPSA) is 231 Å². The number of nitrogens with one attached hydrogen (secondary N) is 4. The van der Waals surface area contributed by atoms with Crippen molar-refractivity contribution < 1.29 is 24.3 Å². The highest BCUT2D eigenvalue weighted by Crippen LogP contribution is 2.19. The maximum absolute atomic E-state index is 13.2. The van der Waals surface area contributed by atoms with Gasteiger partial charge in [0, 0.05) is 30.1 Å². The molecule has 2 rings (SSSR count). The van der Waals surface area contributed by atoms with Crippen LogP contribution in [0.25, 0.3) is 10.9 Å². The number of carbonyl (C=O) groups excluding carboxylic acids is 3. The number of thioether (sulfide) groups is 1. The van der Waals surface area contributed by atoms with Crippen molar-refractivity contribution in [1.82, 2.24) is 20.9 Å². The van der Waals surface area contributed by atoms with Crippen molar-refractivity contribution in [3.05, 3.63) is 36.0 Å². The summed E-state index contributed by atoms with van der Waals surface area (Å²) >= 11 is 1.47. The summed E-state index contributed by atoms with van der Waals surface area (Å²) < 4.78 is 0. The number of fused-ring (bicyclic) bond motifs is 1. The lowest BCUT2D eigenvalue weighted by molar-refractivity contribution is -0.142. The second kappa shape index (κ2) is 15.5. The van der Waals surface area contributed by atoms with Gasteiger partial charge in [-0.2, -0.15) is 11.8 Å². The lowest BCUT2D eigenvalue weighted by atomic mass is 10.0. The van der Waals surface area contributed by atoms with Gasteiger partial charge in [0.05, 0.1) is 6.54 Å². The number of guanidine groups is 1. The first-order valence-corrected chi connectivity index (χ1v) is 13.5. The van der Waals surface area contributed by atoms with Crippen LogP contribution in [0.1, 0.15) is 24.8 Å². The average molecular weight is 549 g/mol. The van der Waals surface area contributed by atoms with E-state index in [1.807, 2.05) is 30.5 Å². The Morgan fingerprint density at radius 1 is 1.03 bits per heavy atom. The highest BCUT2D eigenvalue weighted by molar-refractivity contribution is 7.98. The van der Waals surface area contributed by atoms with Crippen molar-refractivity contribution in [2.24, 2.45) is 22.2 Å². The van der Waals surface area contributed by atoms with E-state index < -0.39 is 41.8 Å². The number of rotatable bonds is 16. The summed E-state index contributed by atoms with van der Waals surface area (Å²) in [6.07, 6.45) is 4.45. The van der Waals surface area contributed by atoms with Crippen LogP contribution in [0, 0.1) is 0 Å². The van der Waals surface area contributed by atoms with Crippen molar-refractivity contribution in [2.45, 2.75) is 43.8 Å². The van der Waals surface area contributed by atoms with Crippen LogP contribution in [0.3, 0.4) is 0 Å². The maximum atomic E-state index is 13.2. The van der Waals surface area contributed by atoms with Crippen molar-refractivity contribution in [1.29, 1.82) is 0 Å². The van der Waals surface area contributed by atoms with Crippen LogP contribution in [-0.4, -0.2) is 83.0 Å². The largest absolute Gasteiger partial charge is 0.480 e. The third kappa shape index (κ3) is 9.59. The highest BCUT2D eigenvalue weighted by atomic mass is 32.2. The number of para-hydroxylation sites is 1. The van der Waals surface area contributed by atoms with E-state index in [1.54, 1.807) is 6.20 Å². The summed E-state index contributed by atoms with van der Waals surface area (Å²) in [6, 6.07) is 4.23. The molecule has 1 heterocycles. The highest BCUT2D eigenvalue weighted by Gasteiger charge is 2.29. The van der Waals surface area contributed by atoms with Gasteiger partial charge in [-0.15, -0.1) is 0 Å². The fourth-order valence-electron chi connectivity index (χ4n) is 3.80. The minimum Gasteiger partial charge on any atom is -0.480 e. The number of amides is 3. The van der Waals surface area contributed by atoms with Gasteiger partial charge in [0.25, 0.3) is 0 Å². The molecule has 13 nitrogen and oxygen atoms in total. The fraction of sp³-hybridized carbons (Fsp3) is 0.458. The molecular formula is C24H36N8O5S. The van der Waals surface area contributed by atoms with Crippen molar-refractivity contribution in [3.8, 4) is 0 Å². The number of aliphatic imine (C=N–C) groups is 1. The van der Waals surface area contributed by atoms with Crippen molar-refractivity contribution in [3.63, 3.8) is 0 Å². The third-order valence-corrected chi connectivity index (χ3v) is 6.38. The second-order valence-electron chi connectivity index (χ2n) is 8.58. The molecule has 0 aliphatic carbocycles. The van der Waals surface area contributed by atoms with Gasteiger partial charge in [-0.3, -0.25) is 19.4 Å². The smallest absolute Gasteiger partial charge is 0.326 e. The Morgan fingerprint density at radius 2 is 1.68 bits per heavy atom. The van der Waals surface area contributed by atoms with Crippen LogP contribution in [0.2, 0.25) is 0 Å². The van der Waals surface area contributed by atoms with Crippen LogP contribution in [0.15, 0.2) is 35.5 Å². The Balaban J connectivity index is 2.13. The summed E-state index contributed by atoms with van der Waals surface area (Å²) in [4.78, 5) is 57.1. The molecule has 1 aromatic heterocycles. The summed E-state index contributed by atoms with van der Waals surface area (Å²) in [5.74, 6) is -2.53. The summed E-state index contributed by atoms with van der Waals surface area (Å²) in [5.41, 5.74) is 17.6. The molecule has 0 saturated carbocycles. The first-order chi connectivity index (χ1) is 18.2. The number of nitrogens with zero attached hydrogens (tertiary/aromatic N) is 1. The van der Waals surface area contributed by atoms with E-state index >= 15 is 0 Å². The molecule has 0 aliphatic rings. The summed E-state index contributed by atoms with van der Waals surface area (Å²) in [6.45, 7) is -0.0721. The van der Waals surface area contributed by atoms with E-state index in [1.165, 1.54) is 11.8 Å². The second-order valence-corrected chi connectivity index (χ2v) is 9.56. The summed E-state index contributed by atoms with van der Waals surface area (Å²) in [5, 5.41) is 18.4. The van der Waals surface area contributed by atoms with E-state index in [4.69, 9.17) is 17.2 Å². The number of carboxylic acid groups (broad SMARTS) is 1. The molecular weight excluding hydrogens is 512 g/mol. The molecule has 0 fully saturated rings. The molecule has 0 spiro atoms. The molecule has 2 aromatic rings. The molecule has 11 N–H and O–H groups in total. The molecule has 0 bridgehead atoms. The Hall–Kier alpha value is -3.78. The van der Waals surface area contributed by atoms with Gasteiger partial charge in [0.15, 0.2) is 5.96 Å². The van der Waals surface area contributed by atoms with Gasteiger partial charge in [-0.05, 0) is 42.9 Å². The zero-order valence-corrected chi connectivity index (χ0v) is 22.1. The number of carbonyl (C=O) groups is 4. The molecule has 3 unspecified atom stereocenters. The Morgan fingerprint density at radius 3 is 2.32 bits per heavy atom. The molecule has 38 heavy (non-hydrogen) atoms. The van der Waals surface area contributed by atoms with E-state index in [-0.39, 0.29) is 38.3 Å². The Labute approximate surface area is 224 Å². The minimum absolute atomic E-state index is 0.0499. The number of carboxylic acids is 1. The zero-order valence-electron chi connectivity index (χ0n) is 21.2. The Bertz CT molecular complexity index is 1130. The van der Waals surface area contributed by atoms with Gasteiger partial charge < -0.3 is 43.2 Å². The monoisotopic (exact) mass is 548 g/mol. The van der Waals surface area contributed by atoms with Gasteiger partial charge >= 0.3 is 5.97 Å². The summed E-state index contributed by atoms with van der Waals surface area (Å²) in [7, 11) is 0. The number of aliphatic carboxylic acids is 1. The van der Waals surface area contributed by atoms with E-state index in [0.717, 1.165) is 16.5 Å². The number of hydrogen-bond donors (Lipinski definition) is 8. The van der Waals surface area contributed by atoms with Crippen molar-refractivity contribution >= 4 is 52.3 Å². The van der Waals surface area contributed by atoms with E-state index in [9.17, 15) is 24.3 Å². The van der Waals surface area contributed by atoms with Crippen LogP contribution in [-0.2, 0) is 25.6 Å². The molecule has 0 radical (unpaired) electrons. The molecule has 3 atom stereocenters. The molecule has 0 saturated heterocycles. The predicted octanol–water partition coefficient (Wildman–Crippen LogP) is -0.985. The number of hydrogen-bond acceptors (Lipinski definition) is 7. The van der Waals surface area contributed by atoms with E-state index in [0.29, 0.717) is 12.2 Å². The minimum atomic E-state index is -1.22. The van der Waals surface area contributed by atoms with Crippen molar-refractivity contribution in [2.75, 3.05) is 25.1 Å². The molecule has 208 valence electrons. The number of benzene rings is 1. The standard InChI is InChI=1S/C24H36N8O5S/c1-38-10-8-18(31-21(34)17(30-20(33)12-25)7-4-9-28-24(26)27)22(35)32-19(23(36)37)11-14-13-29-16-6-3-2-5-15(14)16/h2-3,5-6,13,17-19,29H,4,7-12,25H2,1H3,(H,30,33)(H,31,34)(H,32,35)(H,36,37)(H4,26,27,28). The fourth-order valence-corrected chi connectivity index (χ4v) is 4.27. The predicted molar refractivity (Wildman–Crippen MR) is 147 cm³/mol. The van der Waals surface area contributed by atoms with Crippen LogP contribution in [0.4, 0.5) is 0 Å². The van der Waals surface area contributed by atoms with Gasteiger partial charge in [-0.1, -0.05) is 18.2 Å². The lowest BCUT2D eigenvalue weighted by Gasteiger charge is -2.24. The number of aromatic amines is 1. The van der Waals surface area contributed by atoms with Gasteiger partial charge in [0.2, 0.25) is 17.7 Å². The zero-order chi connectivity index (χ0) is 28.1. The Kier molecular flexibility index (Phi) is 12.4.